The molecule has 4 aromatic rings. The molecule has 5 rings (SSSR count). The molecule has 0 amide bonds. The molecule has 1 N–H and O–H groups in total. The highest BCUT2D eigenvalue weighted by Gasteiger charge is 2.36. The Morgan fingerprint density at radius 3 is 2.46 bits per heavy atom. The minimum Gasteiger partial charge on any atom is -0.369 e. The van der Waals surface area contributed by atoms with Gasteiger partial charge in [-0.25, -0.2) is 4.68 Å². The van der Waals surface area contributed by atoms with Crippen LogP contribution in [0.1, 0.15) is 55.7 Å². The zero-order valence-electron chi connectivity index (χ0n) is 22.5. The second-order valence-electron chi connectivity index (χ2n) is 10.7. The Morgan fingerprint density at radius 1 is 1.03 bits per heavy atom. The van der Waals surface area contributed by atoms with Gasteiger partial charge in [0.25, 0.3) is 5.56 Å². The summed E-state index contributed by atoms with van der Waals surface area (Å²) < 4.78 is 41.7. The molecule has 2 aromatic heterocycles. The van der Waals surface area contributed by atoms with Gasteiger partial charge in [-0.1, -0.05) is 25.1 Å². The van der Waals surface area contributed by atoms with E-state index < -0.39 is 23.3 Å². The van der Waals surface area contributed by atoms with Crippen molar-refractivity contribution >= 4 is 16.6 Å². The van der Waals surface area contributed by atoms with E-state index in [9.17, 15) is 18.0 Å². The lowest BCUT2D eigenvalue weighted by Gasteiger charge is -2.40. The lowest BCUT2D eigenvalue weighted by Crippen LogP contribution is -2.49. The highest BCUT2D eigenvalue weighted by Crippen LogP contribution is 2.34. The molecule has 1 aliphatic rings. The van der Waals surface area contributed by atoms with Crippen LogP contribution in [-0.2, 0) is 11.7 Å². The van der Waals surface area contributed by atoms with E-state index in [0.29, 0.717) is 43.3 Å². The van der Waals surface area contributed by atoms with Crippen LogP contribution >= 0.6 is 0 Å². The van der Waals surface area contributed by atoms with Gasteiger partial charge in [0, 0.05) is 42.9 Å². The van der Waals surface area contributed by atoms with E-state index >= 15 is 0 Å². The van der Waals surface area contributed by atoms with Crippen molar-refractivity contribution in [1.82, 2.24) is 30.1 Å². The van der Waals surface area contributed by atoms with Crippen LogP contribution in [0.3, 0.4) is 0 Å². The SMILES string of the molecule is CCC(C)(C)n1nnnc1[C@@H](c1cc2ccc(C)cc2[nH]c1=O)N1CCN(c2cccc(C(F)(F)F)c2)CC1. The van der Waals surface area contributed by atoms with Gasteiger partial charge in [0.1, 0.15) is 6.04 Å². The van der Waals surface area contributed by atoms with Crippen LogP contribution < -0.4 is 10.5 Å². The van der Waals surface area contributed by atoms with E-state index in [1.165, 1.54) is 12.1 Å². The minimum absolute atomic E-state index is 0.220. The summed E-state index contributed by atoms with van der Waals surface area (Å²) in [6.07, 6.45) is -3.63. The number of nitrogens with zero attached hydrogens (tertiary/aromatic N) is 6. The highest BCUT2D eigenvalue weighted by molar-refractivity contribution is 5.79. The van der Waals surface area contributed by atoms with E-state index in [1.807, 2.05) is 49.9 Å². The summed E-state index contributed by atoms with van der Waals surface area (Å²) in [5.41, 5.74) is 1.57. The van der Waals surface area contributed by atoms with Crippen molar-refractivity contribution in [2.45, 2.75) is 51.9 Å². The summed E-state index contributed by atoms with van der Waals surface area (Å²) in [6.45, 7) is 10.1. The first-order chi connectivity index (χ1) is 18.5. The van der Waals surface area contributed by atoms with E-state index in [1.54, 1.807) is 10.7 Å². The minimum atomic E-state index is -4.40. The Balaban J connectivity index is 1.53. The maximum absolute atomic E-state index is 13.5. The molecule has 0 spiro atoms. The van der Waals surface area contributed by atoms with Crippen molar-refractivity contribution in [2.24, 2.45) is 0 Å². The average molecular weight is 540 g/mol. The molecule has 0 radical (unpaired) electrons. The summed E-state index contributed by atoms with van der Waals surface area (Å²) in [4.78, 5) is 20.6. The number of hydrogen-bond acceptors (Lipinski definition) is 6. The summed E-state index contributed by atoms with van der Waals surface area (Å²) >= 11 is 0. The van der Waals surface area contributed by atoms with Crippen LogP contribution in [0.5, 0.6) is 0 Å². The van der Waals surface area contributed by atoms with Crippen LogP contribution in [0, 0.1) is 6.92 Å². The van der Waals surface area contributed by atoms with Gasteiger partial charge in [-0.15, -0.1) is 5.10 Å². The van der Waals surface area contributed by atoms with Gasteiger partial charge in [-0.2, -0.15) is 13.2 Å². The largest absolute Gasteiger partial charge is 0.416 e. The molecule has 8 nitrogen and oxygen atoms in total. The van der Waals surface area contributed by atoms with Crippen molar-refractivity contribution < 1.29 is 13.2 Å². The quantitative estimate of drug-likeness (QED) is 0.376. The van der Waals surface area contributed by atoms with Crippen LogP contribution in [0.2, 0.25) is 0 Å². The fraction of sp³-hybridized carbons (Fsp3) is 0.429. The molecule has 2 aromatic carbocycles. The second kappa shape index (κ2) is 10.1. The summed E-state index contributed by atoms with van der Waals surface area (Å²) in [5, 5.41) is 13.6. The van der Waals surface area contributed by atoms with E-state index in [2.05, 4.69) is 32.3 Å². The van der Waals surface area contributed by atoms with Gasteiger partial charge in [-0.3, -0.25) is 9.69 Å². The lowest BCUT2D eigenvalue weighted by atomic mass is 9.98. The maximum Gasteiger partial charge on any atom is 0.416 e. The summed E-state index contributed by atoms with van der Waals surface area (Å²) in [7, 11) is 0. The molecule has 1 fully saturated rings. The van der Waals surface area contributed by atoms with Crippen molar-refractivity contribution in [3.05, 3.63) is 81.4 Å². The average Bonchev–Trinajstić information content (AvgIpc) is 3.40. The first-order valence-corrected chi connectivity index (χ1v) is 13.1. The molecule has 1 aliphatic heterocycles. The molecule has 0 aliphatic carbocycles. The van der Waals surface area contributed by atoms with Gasteiger partial charge < -0.3 is 9.88 Å². The highest BCUT2D eigenvalue weighted by atomic mass is 19.4. The Labute approximate surface area is 224 Å². The lowest BCUT2D eigenvalue weighted by molar-refractivity contribution is -0.137. The molecule has 1 saturated heterocycles. The van der Waals surface area contributed by atoms with E-state index in [4.69, 9.17) is 0 Å². The number of nitrogens with one attached hydrogen (secondary N) is 1. The normalized spacial score (nSPS) is 16.1. The van der Waals surface area contributed by atoms with Crippen molar-refractivity contribution in [2.75, 3.05) is 31.1 Å². The van der Waals surface area contributed by atoms with Gasteiger partial charge in [0.05, 0.1) is 11.1 Å². The zero-order chi connectivity index (χ0) is 27.9. The molecule has 0 saturated carbocycles. The summed E-state index contributed by atoms with van der Waals surface area (Å²) in [5.74, 6) is 0.561. The third-order valence-corrected chi connectivity index (χ3v) is 7.72. The monoisotopic (exact) mass is 539 g/mol. The number of anilines is 1. The first-order valence-electron chi connectivity index (χ1n) is 13.1. The van der Waals surface area contributed by atoms with Crippen LogP contribution in [-0.4, -0.2) is 56.3 Å². The van der Waals surface area contributed by atoms with E-state index in [-0.39, 0.29) is 5.56 Å². The molecule has 39 heavy (non-hydrogen) atoms. The number of aryl methyl sites for hydroxylation is 1. The fourth-order valence-electron chi connectivity index (χ4n) is 5.10. The number of aromatic nitrogens is 5. The molecule has 206 valence electrons. The molecule has 0 bridgehead atoms. The summed E-state index contributed by atoms with van der Waals surface area (Å²) in [6, 6.07) is 12.7. The van der Waals surface area contributed by atoms with Crippen LogP contribution in [0.15, 0.2) is 53.3 Å². The Hall–Kier alpha value is -3.73. The van der Waals surface area contributed by atoms with Crippen molar-refractivity contribution in [1.29, 1.82) is 0 Å². The Kier molecular flexibility index (Phi) is 6.96. The smallest absolute Gasteiger partial charge is 0.369 e. The number of tetrazole rings is 1. The molecule has 3 heterocycles. The number of alkyl halides is 3. The molecule has 11 heteroatoms. The predicted molar refractivity (Wildman–Crippen MR) is 144 cm³/mol. The number of fused-ring (bicyclic) bond motifs is 1. The fourth-order valence-corrected chi connectivity index (χ4v) is 5.10. The predicted octanol–water partition coefficient (Wildman–Crippen LogP) is 4.90. The molecule has 1 atom stereocenters. The van der Waals surface area contributed by atoms with E-state index in [0.717, 1.165) is 29.0 Å². The van der Waals surface area contributed by atoms with Crippen LogP contribution in [0.25, 0.3) is 10.9 Å². The number of halogens is 3. The van der Waals surface area contributed by atoms with Gasteiger partial charge in [-0.05, 0) is 78.9 Å². The number of aromatic amines is 1. The first kappa shape index (κ1) is 26.9. The van der Waals surface area contributed by atoms with Crippen molar-refractivity contribution in [3.8, 4) is 0 Å². The molecule has 0 unspecified atom stereocenters. The third kappa shape index (κ3) is 5.27. The number of pyridine rings is 1. The topological polar surface area (TPSA) is 82.9 Å². The number of piperazine rings is 1. The standard InChI is InChI=1S/C28H32F3N7O/c1-5-27(3,4)38-25(33-34-35-38)24(22-16-19-10-9-18(2)15-23(19)32-26(22)39)37-13-11-36(12-14-37)21-8-6-7-20(17-21)28(29,30)31/h6-10,15-17,24H,5,11-14H2,1-4H3,(H,32,39)/t24-/m1/s1. The number of H-pyrrole nitrogens is 1. The maximum atomic E-state index is 13.5. The van der Waals surface area contributed by atoms with Gasteiger partial charge >= 0.3 is 6.18 Å². The number of rotatable bonds is 6. The zero-order valence-corrected chi connectivity index (χ0v) is 22.5. The third-order valence-electron chi connectivity index (χ3n) is 7.72. The Bertz CT molecular complexity index is 1530. The Morgan fingerprint density at radius 2 is 1.77 bits per heavy atom. The molecular weight excluding hydrogens is 507 g/mol. The number of benzene rings is 2. The van der Waals surface area contributed by atoms with Gasteiger partial charge in [0.2, 0.25) is 0 Å². The van der Waals surface area contributed by atoms with Gasteiger partial charge in [0.15, 0.2) is 5.82 Å². The second-order valence-corrected chi connectivity index (χ2v) is 10.7. The van der Waals surface area contributed by atoms with Crippen molar-refractivity contribution in [3.63, 3.8) is 0 Å². The number of hydrogen-bond donors (Lipinski definition) is 1. The van der Waals surface area contributed by atoms with Crippen LogP contribution in [0.4, 0.5) is 18.9 Å². The molecular formula is C28H32F3N7O.